The maximum atomic E-state index is 11.4. The van der Waals surface area contributed by atoms with Gasteiger partial charge in [-0.3, -0.25) is 4.90 Å². The first-order valence-corrected chi connectivity index (χ1v) is 11.2. The summed E-state index contributed by atoms with van der Waals surface area (Å²) in [6.07, 6.45) is 6.01. The number of ether oxygens (including phenoxy) is 1. The molecular formula is C18H27N3O5S. The molecule has 1 amide bonds. The summed E-state index contributed by atoms with van der Waals surface area (Å²) in [5.41, 5.74) is 0. The Labute approximate surface area is 160 Å². The van der Waals surface area contributed by atoms with Gasteiger partial charge in [0.15, 0.2) is 9.84 Å². The van der Waals surface area contributed by atoms with Gasteiger partial charge in [0.2, 0.25) is 5.88 Å². The highest BCUT2D eigenvalue weighted by Gasteiger charge is 2.29. The quantitative estimate of drug-likeness (QED) is 0.807. The van der Waals surface area contributed by atoms with Crippen molar-refractivity contribution in [3.05, 3.63) is 18.3 Å². The van der Waals surface area contributed by atoms with Gasteiger partial charge < -0.3 is 14.7 Å². The van der Waals surface area contributed by atoms with Gasteiger partial charge in [-0.1, -0.05) is 0 Å². The second-order valence-electron chi connectivity index (χ2n) is 7.40. The Balaban J connectivity index is 1.40. The normalized spacial score (nSPS) is 24.6. The van der Waals surface area contributed by atoms with Crippen LogP contribution in [0.3, 0.4) is 0 Å². The van der Waals surface area contributed by atoms with E-state index in [1.807, 2.05) is 0 Å². The average molecular weight is 397 g/mol. The predicted octanol–water partition coefficient (Wildman–Crippen LogP) is 1.72. The fraction of sp³-hybridized carbons (Fsp3) is 0.667. The van der Waals surface area contributed by atoms with Crippen LogP contribution in [-0.4, -0.2) is 79.5 Å². The second kappa shape index (κ2) is 8.43. The molecule has 1 saturated heterocycles. The van der Waals surface area contributed by atoms with Gasteiger partial charge in [-0.05, 0) is 37.7 Å². The Hall–Kier alpha value is -1.87. The van der Waals surface area contributed by atoms with Crippen LogP contribution in [0.1, 0.15) is 25.7 Å². The largest absolute Gasteiger partial charge is 0.477 e. The molecule has 27 heavy (non-hydrogen) atoms. The third-order valence-electron chi connectivity index (χ3n) is 5.52. The maximum Gasteiger partial charge on any atom is 0.407 e. The fourth-order valence-electron chi connectivity index (χ4n) is 3.83. The first-order chi connectivity index (χ1) is 12.8. The number of rotatable bonds is 5. The molecule has 9 heteroatoms. The predicted molar refractivity (Wildman–Crippen MR) is 99.8 cm³/mol. The molecule has 0 bridgehead atoms. The number of piperazine rings is 1. The Kier molecular flexibility index (Phi) is 6.21. The molecule has 0 aromatic carbocycles. The molecule has 2 fully saturated rings. The van der Waals surface area contributed by atoms with E-state index < -0.39 is 15.9 Å². The summed E-state index contributed by atoms with van der Waals surface area (Å²) in [5.74, 6) is 0.923. The zero-order chi connectivity index (χ0) is 19.4. The van der Waals surface area contributed by atoms with Gasteiger partial charge in [0.05, 0.1) is 11.5 Å². The van der Waals surface area contributed by atoms with Crippen LogP contribution in [0.2, 0.25) is 0 Å². The highest BCUT2D eigenvalue weighted by Crippen LogP contribution is 2.28. The summed E-state index contributed by atoms with van der Waals surface area (Å²) in [6.45, 7) is 3.40. The van der Waals surface area contributed by atoms with Crippen molar-refractivity contribution < 1.29 is 23.1 Å². The smallest absolute Gasteiger partial charge is 0.407 e. The monoisotopic (exact) mass is 397 g/mol. The Bertz CT molecular complexity index is 737. The molecule has 8 nitrogen and oxygen atoms in total. The molecule has 1 aliphatic carbocycles. The molecule has 1 saturated carbocycles. The van der Waals surface area contributed by atoms with Gasteiger partial charge in [0.1, 0.15) is 0 Å². The van der Waals surface area contributed by atoms with Crippen molar-refractivity contribution in [1.29, 1.82) is 0 Å². The van der Waals surface area contributed by atoms with Crippen LogP contribution in [-0.2, 0) is 9.84 Å². The van der Waals surface area contributed by atoms with Gasteiger partial charge in [-0.25, -0.2) is 18.2 Å². The van der Waals surface area contributed by atoms with E-state index in [0.717, 1.165) is 45.0 Å². The van der Waals surface area contributed by atoms with Gasteiger partial charge in [0.25, 0.3) is 0 Å². The zero-order valence-electron chi connectivity index (χ0n) is 15.6. The topological polar surface area (TPSA) is 100 Å². The molecule has 3 rings (SSSR count). The lowest BCUT2D eigenvalue weighted by Gasteiger charge is -2.41. The molecule has 1 N–H and O–H groups in total. The van der Waals surface area contributed by atoms with Crippen molar-refractivity contribution in [3.8, 4) is 5.88 Å². The fourth-order valence-corrected chi connectivity index (χ4v) is 4.39. The van der Waals surface area contributed by atoms with Crippen molar-refractivity contribution in [1.82, 2.24) is 14.8 Å². The van der Waals surface area contributed by atoms with Gasteiger partial charge >= 0.3 is 6.09 Å². The summed E-state index contributed by atoms with van der Waals surface area (Å²) >= 11 is 0. The number of carbonyl (C=O) groups is 1. The minimum Gasteiger partial charge on any atom is -0.477 e. The number of nitrogens with zero attached hydrogens (tertiary/aromatic N) is 3. The molecule has 0 spiro atoms. The first kappa shape index (κ1) is 19.9. The number of carboxylic acid groups (broad SMARTS) is 1. The summed E-state index contributed by atoms with van der Waals surface area (Å²) in [7, 11) is -3.24. The number of pyridine rings is 1. The third-order valence-corrected chi connectivity index (χ3v) is 6.62. The molecular weight excluding hydrogens is 370 g/mol. The molecule has 2 aliphatic rings. The summed E-state index contributed by atoms with van der Waals surface area (Å²) in [5, 5.41) is 9.04. The van der Waals surface area contributed by atoms with Crippen molar-refractivity contribution in [3.63, 3.8) is 0 Å². The second-order valence-corrected chi connectivity index (χ2v) is 9.41. The van der Waals surface area contributed by atoms with E-state index in [9.17, 15) is 13.2 Å². The zero-order valence-corrected chi connectivity index (χ0v) is 16.4. The van der Waals surface area contributed by atoms with Crippen LogP contribution in [0, 0.1) is 5.92 Å². The Morgan fingerprint density at radius 2 is 1.85 bits per heavy atom. The van der Waals surface area contributed by atoms with Crippen LogP contribution in [0.4, 0.5) is 4.79 Å². The van der Waals surface area contributed by atoms with E-state index in [4.69, 9.17) is 9.84 Å². The van der Waals surface area contributed by atoms with Crippen LogP contribution in [0.25, 0.3) is 0 Å². The Morgan fingerprint density at radius 3 is 2.37 bits per heavy atom. The van der Waals surface area contributed by atoms with Gasteiger partial charge in [-0.15, -0.1) is 0 Å². The molecule has 1 aromatic rings. The van der Waals surface area contributed by atoms with Crippen molar-refractivity contribution in [2.45, 2.75) is 36.6 Å². The number of aromatic nitrogens is 1. The maximum absolute atomic E-state index is 11.4. The van der Waals surface area contributed by atoms with Crippen LogP contribution in [0.15, 0.2) is 23.2 Å². The minimum absolute atomic E-state index is 0.193. The lowest BCUT2D eigenvalue weighted by Crippen LogP contribution is -2.52. The van der Waals surface area contributed by atoms with E-state index in [-0.39, 0.29) is 4.90 Å². The summed E-state index contributed by atoms with van der Waals surface area (Å²) in [4.78, 5) is 19.2. The van der Waals surface area contributed by atoms with Gasteiger partial charge in [-0.2, -0.15) is 0 Å². The van der Waals surface area contributed by atoms with Crippen LogP contribution >= 0.6 is 0 Å². The molecule has 0 radical (unpaired) electrons. The number of hydrogen-bond acceptors (Lipinski definition) is 6. The first-order valence-electron chi connectivity index (χ1n) is 9.34. The number of hydrogen-bond donors (Lipinski definition) is 1. The molecule has 2 heterocycles. The lowest BCUT2D eigenvalue weighted by atomic mass is 9.85. The van der Waals surface area contributed by atoms with Crippen LogP contribution in [0.5, 0.6) is 5.88 Å². The SMILES string of the molecule is CS(=O)(=O)c1ccc(OC[C@H]2CC[C@H](N3CCN(C(=O)O)CC3)CC2)nc1. The van der Waals surface area contributed by atoms with E-state index in [1.165, 1.54) is 17.2 Å². The molecule has 150 valence electrons. The molecule has 1 aliphatic heterocycles. The highest BCUT2D eigenvalue weighted by molar-refractivity contribution is 7.90. The number of sulfone groups is 1. The van der Waals surface area contributed by atoms with Crippen molar-refractivity contribution in [2.24, 2.45) is 5.92 Å². The van der Waals surface area contributed by atoms with E-state index in [2.05, 4.69) is 9.88 Å². The van der Waals surface area contributed by atoms with E-state index in [1.54, 1.807) is 6.07 Å². The molecule has 0 unspecified atom stereocenters. The standard InChI is InChI=1S/C18H27N3O5S/c1-27(24,25)16-6-7-17(19-12-16)26-13-14-2-4-15(5-3-14)20-8-10-21(11-9-20)18(22)23/h6-7,12,14-15H,2-5,8-11,13H2,1H3,(H,22,23)/t14-,15-. The van der Waals surface area contributed by atoms with Crippen molar-refractivity contribution in [2.75, 3.05) is 39.0 Å². The van der Waals surface area contributed by atoms with Crippen LogP contribution < -0.4 is 4.74 Å². The Morgan fingerprint density at radius 1 is 1.19 bits per heavy atom. The highest BCUT2D eigenvalue weighted by atomic mass is 32.2. The van der Waals surface area contributed by atoms with Gasteiger partial charge in [0, 0.05) is 50.7 Å². The number of amides is 1. The van der Waals surface area contributed by atoms with Crippen molar-refractivity contribution >= 4 is 15.9 Å². The summed E-state index contributed by atoms with van der Waals surface area (Å²) < 4.78 is 28.6. The minimum atomic E-state index is -3.24. The lowest BCUT2D eigenvalue weighted by molar-refractivity contribution is 0.0616. The molecule has 1 aromatic heterocycles. The van der Waals surface area contributed by atoms with E-state index >= 15 is 0 Å². The average Bonchev–Trinajstić information content (AvgIpc) is 2.66. The van der Waals surface area contributed by atoms with E-state index in [0.29, 0.717) is 37.5 Å². The third kappa shape index (κ3) is 5.32. The molecule has 0 atom stereocenters. The summed E-state index contributed by atoms with van der Waals surface area (Å²) in [6, 6.07) is 3.65.